The average Bonchev–Trinajstić information content (AvgIpc) is 2.17. The molecule has 0 radical (unpaired) electrons. The molecule has 0 nitrogen and oxygen atoms in total. The molecule has 0 aliphatic carbocycles. The first-order chi connectivity index (χ1) is 6.95. The van der Waals surface area contributed by atoms with Gasteiger partial charge in [0.25, 0.3) is 0 Å². The van der Waals surface area contributed by atoms with Crippen molar-refractivity contribution in [1.29, 1.82) is 0 Å². The number of halogens is 1. The molecule has 0 aliphatic heterocycles. The fourth-order valence-electron chi connectivity index (χ4n) is 1.39. The smallest absolute Gasteiger partial charge is 0.130 e. The average molecular weight is 204 g/mol. The van der Waals surface area contributed by atoms with Crippen molar-refractivity contribution in [2.24, 2.45) is 0 Å². The fraction of sp³-hybridized carbons (Fsp3) is 0.286. The van der Waals surface area contributed by atoms with Crippen LogP contribution in [0.5, 0.6) is 0 Å². The SMILES string of the molecule is C=C(/C=C\C)c1cccc(C(C)(C)F)c1. The van der Waals surface area contributed by atoms with Crippen molar-refractivity contribution in [3.63, 3.8) is 0 Å². The summed E-state index contributed by atoms with van der Waals surface area (Å²) in [4.78, 5) is 0. The van der Waals surface area contributed by atoms with Gasteiger partial charge in [0.2, 0.25) is 0 Å². The summed E-state index contributed by atoms with van der Waals surface area (Å²) in [5.74, 6) is 0. The Balaban J connectivity index is 3.08. The molecule has 0 heterocycles. The fourth-order valence-corrected chi connectivity index (χ4v) is 1.39. The van der Waals surface area contributed by atoms with E-state index in [1.807, 2.05) is 37.3 Å². The minimum Gasteiger partial charge on any atom is -0.239 e. The lowest BCUT2D eigenvalue weighted by Crippen LogP contribution is -2.08. The van der Waals surface area contributed by atoms with Gasteiger partial charge in [-0.1, -0.05) is 36.9 Å². The van der Waals surface area contributed by atoms with Gasteiger partial charge >= 0.3 is 0 Å². The Morgan fingerprint density at radius 2 is 2.07 bits per heavy atom. The van der Waals surface area contributed by atoms with Gasteiger partial charge in [-0.25, -0.2) is 4.39 Å². The van der Waals surface area contributed by atoms with Crippen LogP contribution in [-0.2, 0) is 5.67 Å². The van der Waals surface area contributed by atoms with E-state index in [4.69, 9.17) is 0 Å². The Hall–Kier alpha value is -1.37. The van der Waals surface area contributed by atoms with Gasteiger partial charge in [0, 0.05) is 0 Å². The summed E-state index contributed by atoms with van der Waals surface area (Å²) in [6.45, 7) is 8.99. The molecule has 0 atom stereocenters. The molecule has 0 unspecified atom stereocenters. The minimum atomic E-state index is -1.30. The third kappa shape index (κ3) is 3.05. The van der Waals surface area contributed by atoms with Crippen molar-refractivity contribution in [3.8, 4) is 0 Å². The van der Waals surface area contributed by atoms with Crippen LogP contribution in [0.4, 0.5) is 4.39 Å². The summed E-state index contributed by atoms with van der Waals surface area (Å²) >= 11 is 0. The summed E-state index contributed by atoms with van der Waals surface area (Å²) < 4.78 is 13.7. The summed E-state index contributed by atoms with van der Waals surface area (Å²) in [6.07, 6.45) is 3.85. The summed E-state index contributed by atoms with van der Waals surface area (Å²) in [6, 6.07) is 7.45. The van der Waals surface area contributed by atoms with Gasteiger partial charge < -0.3 is 0 Å². The van der Waals surface area contributed by atoms with E-state index in [0.29, 0.717) is 5.56 Å². The molecule has 0 aromatic heterocycles. The highest BCUT2D eigenvalue weighted by atomic mass is 19.1. The predicted octanol–water partition coefficient (Wildman–Crippen LogP) is 4.48. The Bertz CT molecular complexity index is 381. The maximum atomic E-state index is 13.7. The van der Waals surface area contributed by atoms with E-state index in [0.717, 1.165) is 11.1 Å². The molecule has 0 bridgehead atoms. The second-order valence-electron chi connectivity index (χ2n) is 4.08. The highest BCUT2D eigenvalue weighted by molar-refractivity contribution is 5.72. The van der Waals surface area contributed by atoms with Crippen LogP contribution in [0.25, 0.3) is 5.57 Å². The standard InChI is InChI=1S/C14H17F/c1-5-7-11(2)12-8-6-9-13(10-12)14(3,4)15/h5-10H,2H2,1,3-4H3/b7-5-. The molecule has 0 aliphatic rings. The molecule has 0 saturated carbocycles. The number of rotatable bonds is 3. The number of hydrogen-bond acceptors (Lipinski definition) is 0. The summed E-state index contributed by atoms with van der Waals surface area (Å²) in [5.41, 5.74) is 1.26. The molecule has 1 aromatic carbocycles. The monoisotopic (exact) mass is 204 g/mol. The molecule has 1 heteroatoms. The molecule has 0 N–H and O–H groups in total. The first kappa shape index (κ1) is 11.7. The Morgan fingerprint density at radius 3 is 2.60 bits per heavy atom. The van der Waals surface area contributed by atoms with Crippen molar-refractivity contribution < 1.29 is 4.39 Å². The molecule has 1 rings (SSSR count). The van der Waals surface area contributed by atoms with Crippen LogP contribution in [0, 0.1) is 0 Å². The third-order valence-corrected chi connectivity index (χ3v) is 2.29. The van der Waals surface area contributed by atoms with Crippen LogP contribution in [0.2, 0.25) is 0 Å². The molecule has 0 amide bonds. The van der Waals surface area contributed by atoms with E-state index in [1.54, 1.807) is 19.9 Å². The number of hydrogen-bond donors (Lipinski definition) is 0. The van der Waals surface area contributed by atoms with Gasteiger partial charge in [0.15, 0.2) is 0 Å². The van der Waals surface area contributed by atoms with Gasteiger partial charge in [-0.2, -0.15) is 0 Å². The first-order valence-electron chi connectivity index (χ1n) is 5.06. The molecular formula is C14H17F. The number of alkyl halides is 1. The molecule has 80 valence electrons. The zero-order valence-electron chi connectivity index (χ0n) is 9.55. The van der Waals surface area contributed by atoms with Crippen LogP contribution >= 0.6 is 0 Å². The lowest BCUT2D eigenvalue weighted by molar-refractivity contribution is 0.221. The molecule has 0 saturated heterocycles. The Labute approximate surface area is 91.1 Å². The van der Waals surface area contributed by atoms with Crippen molar-refractivity contribution in [2.45, 2.75) is 26.4 Å². The van der Waals surface area contributed by atoms with Crippen molar-refractivity contribution in [1.82, 2.24) is 0 Å². The van der Waals surface area contributed by atoms with E-state index in [2.05, 4.69) is 6.58 Å². The highest BCUT2D eigenvalue weighted by Crippen LogP contribution is 2.27. The second-order valence-corrected chi connectivity index (χ2v) is 4.08. The molecule has 0 fully saturated rings. The van der Waals surface area contributed by atoms with Gasteiger partial charge in [0.1, 0.15) is 5.67 Å². The highest BCUT2D eigenvalue weighted by Gasteiger charge is 2.18. The maximum Gasteiger partial charge on any atom is 0.130 e. The lowest BCUT2D eigenvalue weighted by Gasteiger charge is -2.15. The van der Waals surface area contributed by atoms with E-state index in [-0.39, 0.29) is 0 Å². The predicted molar refractivity (Wildman–Crippen MR) is 64.4 cm³/mol. The van der Waals surface area contributed by atoms with E-state index < -0.39 is 5.67 Å². The lowest BCUT2D eigenvalue weighted by atomic mass is 9.96. The largest absolute Gasteiger partial charge is 0.239 e. The quantitative estimate of drug-likeness (QED) is 0.637. The minimum absolute atomic E-state index is 0.686. The van der Waals surface area contributed by atoms with Crippen molar-refractivity contribution in [2.75, 3.05) is 0 Å². The Morgan fingerprint density at radius 1 is 1.40 bits per heavy atom. The second kappa shape index (κ2) is 4.43. The maximum absolute atomic E-state index is 13.7. The Kier molecular flexibility index (Phi) is 3.46. The topological polar surface area (TPSA) is 0 Å². The summed E-state index contributed by atoms with van der Waals surface area (Å²) in [5, 5.41) is 0. The van der Waals surface area contributed by atoms with Crippen LogP contribution < -0.4 is 0 Å². The number of benzene rings is 1. The zero-order chi connectivity index (χ0) is 11.5. The van der Waals surface area contributed by atoms with Crippen LogP contribution in [-0.4, -0.2) is 0 Å². The normalized spacial score (nSPS) is 12.0. The van der Waals surface area contributed by atoms with Gasteiger partial charge in [0.05, 0.1) is 0 Å². The van der Waals surface area contributed by atoms with E-state index in [9.17, 15) is 4.39 Å². The summed E-state index contributed by atoms with van der Waals surface area (Å²) in [7, 11) is 0. The van der Waals surface area contributed by atoms with E-state index >= 15 is 0 Å². The van der Waals surface area contributed by atoms with Crippen LogP contribution in [0.15, 0.2) is 43.0 Å². The number of allylic oxidation sites excluding steroid dienone is 3. The molecule has 15 heavy (non-hydrogen) atoms. The van der Waals surface area contributed by atoms with Crippen LogP contribution in [0.3, 0.4) is 0 Å². The van der Waals surface area contributed by atoms with E-state index in [1.165, 1.54) is 0 Å². The van der Waals surface area contributed by atoms with Gasteiger partial charge in [-0.15, -0.1) is 0 Å². The van der Waals surface area contributed by atoms with Crippen molar-refractivity contribution >= 4 is 5.57 Å². The van der Waals surface area contributed by atoms with Gasteiger partial charge in [-0.05, 0) is 43.5 Å². The molecule has 0 spiro atoms. The first-order valence-corrected chi connectivity index (χ1v) is 5.06. The van der Waals surface area contributed by atoms with Gasteiger partial charge in [-0.3, -0.25) is 0 Å². The molecule has 1 aromatic rings. The van der Waals surface area contributed by atoms with Crippen LogP contribution in [0.1, 0.15) is 31.9 Å². The third-order valence-electron chi connectivity index (χ3n) is 2.29. The zero-order valence-corrected chi connectivity index (χ0v) is 9.55. The molecular weight excluding hydrogens is 187 g/mol. The van der Waals surface area contributed by atoms with Crippen molar-refractivity contribution in [3.05, 3.63) is 54.1 Å².